The van der Waals surface area contributed by atoms with Gasteiger partial charge < -0.3 is 5.32 Å². The van der Waals surface area contributed by atoms with E-state index in [2.05, 4.69) is 59.7 Å². The first-order chi connectivity index (χ1) is 11.8. The molecule has 0 radical (unpaired) electrons. The zero-order valence-corrected chi connectivity index (χ0v) is 16.7. The maximum Gasteiger partial charge on any atom is 0.0737 e. The van der Waals surface area contributed by atoms with Crippen LogP contribution in [0.4, 0.5) is 0 Å². The molecule has 138 valence electrons. The van der Waals surface area contributed by atoms with Crippen LogP contribution in [-0.4, -0.2) is 18.1 Å². The molecule has 0 atom stereocenters. The SMILES string of the molecule is Cc1c(-c2ccc(CC3CCNCC3)cc2)ccc2cccnc12.Cl.Cl. The summed E-state index contributed by atoms with van der Waals surface area (Å²) in [6.45, 7) is 4.52. The van der Waals surface area contributed by atoms with Gasteiger partial charge in [-0.15, -0.1) is 24.8 Å². The molecule has 0 amide bonds. The van der Waals surface area contributed by atoms with E-state index in [0.29, 0.717) is 0 Å². The summed E-state index contributed by atoms with van der Waals surface area (Å²) >= 11 is 0. The van der Waals surface area contributed by atoms with E-state index in [4.69, 9.17) is 0 Å². The van der Waals surface area contributed by atoms with Crippen molar-refractivity contribution in [3.05, 3.63) is 65.9 Å². The van der Waals surface area contributed by atoms with Gasteiger partial charge in [0.15, 0.2) is 0 Å². The molecule has 1 N–H and O–H groups in total. The number of aromatic nitrogens is 1. The van der Waals surface area contributed by atoms with E-state index in [9.17, 15) is 0 Å². The summed E-state index contributed by atoms with van der Waals surface area (Å²) in [6.07, 6.45) is 5.69. The predicted octanol–water partition coefficient (Wildman–Crippen LogP) is 5.60. The second kappa shape index (κ2) is 9.36. The van der Waals surface area contributed by atoms with Crippen LogP contribution in [-0.2, 0) is 6.42 Å². The van der Waals surface area contributed by atoms with Crippen molar-refractivity contribution in [2.24, 2.45) is 5.92 Å². The first kappa shape index (κ1) is 20.7. The molecule has 0 aliphatic carbocycles. The van der Waals surface area contributed by atoms with Crippen LogP contribution in [0.25, 0.3) is 22.0 Å². The van der Waals surface area contributed by atoms with Gasteiger partial charge in [-0.2, -0.15) is 0 Å². The van der Waals surface area contributed by atoms with Gasteiger partial charge >= 0.3 is 0 Å². The van der Waals surface area contributed by atoms with Crippen LogP contribution < -0.4 is 5.32 Å². The van der Waals surface area contributed by atoms with Crippen molar-refractivity contribution < 1.29 is 0 Å². The Morgan fingerprint density at radius 2 is 1.69 bits per heavy atom. The van der Waals surface area contributed by atoms with E-state index >= 15 is 0 Å². The van der Waals surface area contributed by atoms with Gasteiger partial charge in [0.05, 0.1) is 5.52 Å². The van der Waals surface area contributed by atoms with Gasteiger partial charge in [-0.25, -0.2) is 0 Å². The molecule has 4 rings (SSSR count). The van der Waals surface area contributed by atoms with Crippen molar-refractivity contribution in [2.45, 2.75) is 26.2 Å². The summed E-state index contributed by atoms with van der Waals surface area (Å²) in [6, 6.07) is 17.7. The summed E-state index contributed by atoms with van der Waals surface area (Å²) in [4.78, 5) is 4.56. The molecule has 1 fully saturated rings. The summed E-state index contributed by atoms with van der Waals surface area (Å²) in [5.41, 5.74) is 6.40. The maximum absolute atomic E-state index is 4.56. The van der Waals surface area contributed by atoms with E-state index in [-0.39, 0.29) is 24.8 Å². The van der Waals surface area contributed by atoms with E-state index in [1.165, 1.54) is 60.0 Å². The van der Waals surface area contributed by atoms with Crippen LogP contribution in [0.2, 0.25) is 0 Å². The Morgan fingerprint density at radius 3 is 2.42 bits per heavy atom. The summed E-state index contributed by atoms with van der Waals surface area (Å²) in [7, 11) is 0. The highest BCUT2D eigenvalue weighted by molar-refractivity contribution is 5.88. The average molecular weight is 389 g/mol. The minimum absolute atomic E-state index is 0. The fourth-order valence-electron chi connectivity index (χ4n) is 3.84. The van der Waals surface area contributed by atoms with Gasteiger partial charge in [-0.3, -0.25) is 4.98 Å². The number of fused-ring (bicyclic) bond motifs is 1. The van der Waals surface area contributed by atoms with E-state index in [1.807, 2.05) is 12.3 Å². The number of piperidine rings is 1. The smallest absolute Gasteiger partial charge is 0.0737 e. The Kier molecular flexibility index (Phi) is 7.45. The lowest BCUT2D eigenvalue weighted by atomic mass is 9.90. The molecule has 1 saturated heterocycles. The lowest BCUT2D eigenvalue weighted by Crippen LogP contribution is -2.28. The minimum atomic E-state index is 0. The number of hydrogen-bond donors (Lipinski definition) is 1. The Labute approximate surface area is 168 Å². The monoisotopic (exact) mass is 388 g/mol. The molecule has 0 unspecified atom stereocenters. The first-order valence-corrected chi connectivity index (χ1v) is 8.95. The average Bonchev–Trinajstić information content (AvgIpc) is 2.64. The molecule has 0 bridgehead atoms. The highest BCUT2D eigenvalue weighted by Gasteiger charge is 2.13. The summed E-state index contributed by atoms with van der Waals surface area (Å²) < 4.78 is 0. The number of nitrogens with zero attached hydrogens (tertiary/aromatic N) is 1. The van der Waals surface area contributed by atoms with Crippen molar-refractivity contribution in [1.82, 2.24) is 10.3 Å². The number of nitrogens with one attached hydrogen (secondary N) is 1. The van der Waals surface area contributed by atoms with Crippen LogP contribution in [0, 0.1) is 12.8 Å². The molecule has 2 aromatic carbocycles. The third-order valence-electron chi connectivity index (χ3n) is 5.28. The van der Waals surface area contributed by atoms with Crippen LogP contribution in [0.15, 0.2) is 54.7 Å². The molecule has 2 nitrogen and oxygen atoms in total. The quantitative estimate of drug-likeness (QED) is 0.631. The topological polar surface area (TPSA) is 24.9 Å². The van der Waals surface area contributed by atoms with E-state index < -0.39 is 0 Å². The number of rotatable bonds is 3. The molecule has 0 saturated carbocycles. The molecule has 2 heterocycles. The highest BCUT2D eigenvalue weighted by Crippen LogP contribution is 2.29. The number of aryl methyl sites for hydroxylation is 1. The molecular formula is C22H26Cl2N2. The van der Waals surface area contributed by atoms with Crippen LogP contribution in [0.3, 0.4) is 0 Å². The van der Waals surface area contributed by atoms with Crippen molar-refractivity contribution in [3.63, 3.8) is 0 Å². The Bertz CT molecular complexity index is 840. The van der Waals surface area contributed by atoms with E-state index in [0.717, 1.165) is 11.4 Å². The largest absolute Gasteiger partial charge is 0.317 e. The summed E-state index contributed by atoms with van der Waals surface area (Å²) in [5.74, 6) is 0.837. The molecule has 0 spiro atoms. The third-order valence-corrected chi connectivity index (χ3v) is 5.28. The van der Waals surface area contributed by atoms with Crippen molar-refractivity contribution in [2.75, 3.05) is 13.1 Å². The molecule has 4 heteroatoms. The fourth-order valence-corrected chi connectivity index (χ4v) is 3.84. The van der Waals surface area contributed by atoms with Gasteiger partial charge in [-0.1, -0.05) is 42.5 Å². The van der Waals surface area contributed by atoms with Gasteiger partial charge in [0, 0.05) is 11.6 Å². The number of benzene rings is 2. The Morgan fingerprint density at radius 1 is 0.962 bits per heavy atom. The van der Waals surface area contributed by atoms with Crippen LogP contribution in [0.5, 0.6) is 0 Å². The van der Waals surface area contributed by atoms with Crippen LogP contribution in [0.1, 0.15) is 24.0 Å². The van der Waals surface area contributed by atoms with Crippen molar-refractivity contribution in [3.8, 4) is 11.1 Å². The normalized spacial score (nSPS) is 14.5. The fraction of sp³-hybridized carbons (Fsp3) is 0.318. The zero-order chi connectivity index (χ0) is 16.4. The zero-order valence-electron chi connectivity index (χ0n) is 15.1. The standard InChI is InChI=1S/C22H24N2.2ClH/c1-16-21(9-8-20-3-2-12-24-22(16)20)19-6-4-17(5-7-19)15-18-10-13-23-14-11-18;;/h2-9,12,18,23H,10-11,13-15H2,1H3;2*1H. The second-order valence-corrected chi connectivity index (χ2v) is 6.91. The molecule has 1 aliphatic rings. The third kappa shape index (κ3) is 4.37. The van der Waals surface area contributed by atoms with Gasteiger partial charge in [-0.05, 0) is 73.5 Å². The van der Waals surface area contributed by atoms with Crippen molar-refractivity contribution in [1.29, 1.82) is 0 Å². The first-order valence-electron chi connectivity index (χ1n) is 8.95. The number of halogens is 2. The Hall–Kier alpha value is -1.61. The predicted molar refractivity (Wildman–Crippen MR) is 116 cm³/mol. The molecule has 26 heavy (non-hydrogen) atoms. The lowest BCUT2D eigenvalue weighted by molar-refractivity contribution is 0.372. The molecular weight excluding hydrogens is 363 g/mol. The van der Waals surface area contributed by atoms with Gasteiger partial charge in [0.2, 0.25) is 0 Å². The second-order valence-electron chi connectivity index (χ2n) is 6.91. The number of hydrogen-bond acceptors (Lipinski definition) is 2. The maximum atomic E-state index is 4.56. The summed E-state index contributed by atoms with van der Waals surface area (Å²) in [5, 5.41) is 4.66. The van der Waals surface area contributed by atoms with Crippen LogP contribution >= 0.6 is 24.8 Å². The number of pyridine rings is 1. The van der Waals surface area contributed by atoms with Gasteiger partial charge in [0.25, 0.3) is 0 Å². The molecule has 1 aliphatic heterocycles. The molecule has 1 aromatic heterocycles. The minimum Gasteiger partial charge on any atom is -0.317 e. The Balaban J connectivity index is 0.00000121. The van der Waals surface area contributed by atoms with Gasteiger partial charge in [0.1, 0.15) is 0 Å². The van der Waals surface area contributed by atoms with E-state index in [1.54, 1.807) is 0 Å². The highest BCUT2D eigenvalue weighted by atomic mass is 35.5. The lowest BCUT2D eigenvalue weighted by Gasteiger charge is -2.22. The molecule has 3 aromatic rings. The van der Waals surface area contributed by atoms with Crippen molar-refractivity contribution >= 4 is 35.7 Å².